The van der Waals surface area contributed by atoms with E-state index in [-0.39, 0.29) is 5.91 Å². The van der Waals surface area contributed by atoms with Crippen molar-refractivity contribution in [3.63, 3.8) is 0 Å². The van der Waals surface area contributed by atoms with Crippen molar-refractivity contribution in [2.24, 2.45) is 0 Å². The number of hydrogen-bond acceptors (Lipinski definition) is 3. The van der Waals surface area contributed by atoms with Gasteiger partial charge in [-0.2, -0.15) is 5.10 Å². The van der Waals surface area contributed by atoms with E-state index < -0.39 is 0 Å². The monoisotopic (exact) mass is 311 g/mol. The number of carbonyl (C=O) groups is 1. The fraction of sp³-hybridized carbons (Fsp3) is 0.333. The van der Waals surface area contributed by atoms with Crippen molar-refractivity contribution in [3.05, 3.63) is 53.6 Å². The van der Waals surface area contributed by atoms with Crippen LogP contribution in [0.1, 0.15) is 23.5 Å². The van der Waals surface area contributed by atoms with Gasteiger partial charge in [-0.15, -0.1) is 0 Å². The van der Waals surface area contributed by atoms with E-state index in [1.54, 1.807) is 0 Å². The molecule has 23 heavy (non-hydrogen) atoms. The van der Waals surface area contributed by atoms with Crippen molar-refractivity contribution in [1.82, 2.24) is 15.1 Å². The Kier molecular flexibility index (Phi) is 4.46. The second kappa shape index (κ2) is 6.69. The predicted molar refractivity (Wildman–Crippen MR) is 89.2 cm³/mol. The summed E-state index contributed by atoms with van der Waals surface area (Å²) in [7, 11) is 0. The lowest BCUT2D eigenvalue weighted by Gasteiger charge is -2.06. The fourth-order valence-corrected chi connectivity index (χ4v) is 2.60. The molecule has 0 saturated heterocycles. The van der Waals surface area contributed by atoms with Crippen LogP contribution in [0.2, 0.25) is 0 Å². The smallest absolute Gasteiger partial charge is 0.221 e. The van der Waals surface area contributed by atoms with Gasteiger partial charge in [0.15, 0.2) is 0 Å². The highest BCUT2D eigenvalue weighted by molar-refractivity contribution is 5.80. The normalized spacial score (nSPS) is 11.0. The Morgan fingerprint density at radius 1 is 1.26 bits per heavy atom. The largest absolute Gasteiger partial charge is 0.466 e. The molecule has 5 heteroatoms. The third-order valence-corrected chi connectivity index (χ3v) is 3.84. The first-order chi connectivity index (χ1) is 11.1. The second-order valence-corrected chi connectivity index (χ2v) is 5.79. The van der Waals surface area contributed by atoms with Gasteiger partial charge in [0.2, 0.25) is 5.91 Å². The van der Waals surface area contributed by atoms with Gasteiger partial charge in [-0.05, 0) is 37.6 Å². The first-order valence-corrected chi connectivity index (χ1v) is 7.86. The maximum Gasteiger partial charge on any atom is 0.221 e. The molecule has 1 N–H and O–H groups in total. The van der Waals surface area contributed by atoms with Gasteiger partial charge in [0.1, 0.15) is 11.5 Å². The number of carbonyl (C=O) groups excluding carboxylic acids is 1. The zero-order chi connectivity index (χ0) is 16.2. The molecule has 3 rings (SSSR count). The molecule has 1 amide bonds. The van der Waals surface area contributed by atoms with Gasteiger partial charge in [-0.1, -0.05) is 12.1 Å². The number of furan rings is 1. The van der Waals surface area contributed by atoms with Crippen LogP contribution >= 0.6 is 0 Å². The van der Waals surface area contributed by atoms with Crippen molar-refractivity contribution < 1.29 is 9.21 Å². The molecular weight excluding hydrogens is 290 g/mol. The molecule has 2 aromatic heterocycles. The molecule has 0 fully saturated rings. The first kappa shape index (κ1) is 15.3. The van der Waals surface area contributed by atoms with E-state index in [9.17, 15) is 4.79 Å². The zero-order valence-corrected chi connectivity index (χ0v) is 13.5. The maximum atomic E-state index is 12.0. The second-order valence-electron chi connectivity index (χ2n) is 5.79. The van der Waals surface area contributed by atoms with Crippen LogP contribution in [0.4, 0.5) is 0 Å². The third kappa shape index (κ3) is 3.80. The van der Waals surface area contributed by atoms with Crippen molar-refractivity contribution >= 4 is 16.8 Å². The van der Waals surface area contributed by atoms with Crippen LogP contribution in [0.5, 0.6) is 0 Å². The summed E-state index contributed by atoms with van der Waals surface area (Å²) in [6, 6.07) is 10.1. The quantitative estimate of drug-likeness (QED) is 0.761. The molecular formula is C18H21N3O2. The summed E-state index contributed by atoms with van der Waals surface area (Å²) >= 11 is 0. The van der Waals surface area contributed by atoms with Crippen LogP contribution < -0.4 is 5.32 Å². The summed E-state index contributed by atoms with van der Waals surface area (Å²) in [5, 5.41) is 8.38. The molecule has 120 valence electrons. The lowest BCUT2D eigenvalue weighted by atomic mass is 10.2. The van der Waals surface area contributed by atoms with E-state index in [2.05, 4.69) is 35.5 Å². The maximum absolute atomic E-state index is 12.0. The molecule has 0 atom stereocenters. The molecule has 3 aromatic rings. The molecule has 5 nitrogen and oxygen atoms in total. The first-order valence-electron chi connectivity index (χ1n) is 7.86. The van der Waals surface area contributed by atoms with Crippen molar-refractivity contribution in [1.29, 1.82) is 0 Å². The SMILES string of the molecule is Cc1ccc2cnn(CCC(=O)NCCc3ccc(C)o3)c2c1. The van der Waals surface area contributed by atoms with Gasteiger partial charge in [0, 0.05) is 24.8 Å². The standard InChI is InChI=1S/C18H21N3O2/c1-13-3-5-15-12-20-21(17(15)11-13)10-8-18(22)19-9-7-16-6-4-14(2)23-16/h3-6,11-12H,7-10H2,1-2H3,(H,19,22). The minimum Gasteiger partial charge on any atom is -0.466 e. The number of hydrogen-bond donors (Lipinski definition) is 1. The van der Waals surface area contributed by atoms with Crippen LogP contribution in [0.15, 0.2) is 40.9 Å². The predicted octanol–water partition coefficient (Wildman–Crippen LogP) is 3.00. The van der Waals surface area contributed by atoms with Gasteiger partial charge in [-0.3, -0.25) is 9.48 Å². The van der Waals surface area contributed by atoms with Gasteiger partial charge in [0.05, 0.1) is 18.3 Å². The van der Waals surface area contributed by atoms with Crippen LogP contribution in [0.3, 0.4) is 0 Å². The molecule has 0 aliphatic carbocycles. The molecule has 2 heterocycles. The van der Waals surface area contributed by atoms with Gasteiger partial charge in [-0.25, -0.2) is 0 Å². The highest BCUT2D eigenvalue weighted by Crippen LogP contribution is 2.15. The summed E-state index contributed by atoms with van der Waals surface area (Å²) in [6.45, 7) is 5.14. The Bertz CT molecular complexity index is 817. The molecule has 0 bridgehead atoms. The molecule has 1 aromatic carbocycles. The molecule has 0 spiro atoms. The highest BCUT2D eigenvalue weighted by Gasteiger charge is 2.06. The van der Waals surface area contributed by atoms with E-state index in [0.717, 1.165) is 22.4 Å². The summed E-state index contributed by atoms with van der Waals surface area (Å²) in [4.78, 5) is 12.0. The molecule has 0 aliphatic heterocycles. The number of nitrogens with one attached hydrogen (secondary N) is 1. The minimum atomic E-state index is 0.0320. The summed E-state index contributed by atoms with van der Waals surface area (Å²) in [5.41, 5.74) is 2.27. The molecule has 0 radical (unpaired) electrons. The van der Waals surface area contributed by atoms with E-state index in [1.807, 2.05) is 29.9 Å². The van der Waals surface area contributed by atoms with Gasteiger partial charge in [0.25, 0.3) is 0 Å². The summed E-state index contributed by atoms with van der Waals surface area (Å²) in [5.74, 6) is 1.83. The van der Waals surface area contributed by atoms with Crippen molar-refractivity contribution in [2.45, 2.75) is 33.2 Å². The Hall–Kier alpha value is -2.56. The Morgan fingerprint density at radius 2 is 2.13 bits per heavy atom. The number of aromatic nitrogens is 2. The molecule has 0 aliphatic rings. The average Bonchev–Trinajstić information content (AvgIpc) is 3.11. The number of aryl methyl sites for hydroxylation is 3. The lowest BCUT2D eigenvalue weighted by molar-refractivity contribution is -0.121. The Labute approximate surface area is 135 Å². The topological polar surface area (TPSA) is 60.1 Å². The van der Waals surface area contributed by atoms with Gasteiger partial charge >= 0.3 is 0 Å². The number of benzene rings is 1. The number of fused-ring (bicyclic) bond motifs is 1. The molecule has 0 unspecified atom stereocenters. The highest BCUT2D eigenvalue weighted by atomic mass is 16.3. The molecule has 0 saturated carbocycles. The van der Waals surface area contributed by atoms with Crippen LogP contribution in [-0.2, 0) is 17.8 Å². The minimum absolute atomic E-state index is 0.0320. The number of nitrogens with zero attached hydrogens (tertiary/aromatic N) is 2. The van der Waals surface area contributed by atoms with Gasteiger partial charge < -0.3 is 9.73 Å². The van der Waals surface area contributed by atoms with Crippen LogP contribution in [0.25, 0.3) is 10.9 Å². The van der Waals surface area contributed by atoms with Crippen molar-refractivity contribution in [3.8, 4) is 0 Å². The van der Waals surface area contributed by atoms with E-state index in [0.29, 0.717) is 25.9 Å². The number of rotatable bonds is 6. The van der Waals surface area contributed by atoms with E-state index >= 15 is 0 Å². The Morgan fingerprint density at radius 3 is 2.91 bits per heavy atom. The Balaban J connectivity index is 1.49. The third-order valence-electron chi connectivity index (χ3n) is 3.84. The summed E-state index contributed by atoms with van der Waals surface area (Å²) in [6.07, 6.45) is 2.97. The van der Waals surface area contributed by atoms with Crippen LogP contribution in [0, 0.1) is 13.8 Å². The zero-order valence-electron chi connectivity index (χ0n) is 13.5. The lowest BCUT2D eigenvalue weighted by Crippen LogP contribution is -2.26. The van der Waals surface area contributed by atoms with E-state index in [4.69, 9.17) is 4.42 Å². The van der Waals surface area contributed by atoms with Crippen molar-refractivity contribution in [2.75, 3.05) is 6.54 Å². The number of amides is 1. The van der Waals surface area contributed by atoms with Crippen LogP contribution in [-0.4, -0.2) is 22.2 Å². The summed E-state index contributed by atoms with van der Waals surface area (Å²) < 4.78 is 7.36. The fourth-order valence-electron chi connectivity index (χ4n) is 2.60. The average molecular weight is 311 g/mol. The van der Waals surface area contributed by atoms with E-state index in [1.165, 1.54) is 5.56 Å².